The molecule has 7 nitrogen and oxygen atoms in total. The molecule has 37 heavy (non-hydrogen) atoms. The molecule has 1 heterocycles. The third-order valence-electron chi connectivity index (χ3n) is 5.80. The van der Waals surface area contributed by atoms with E-state index in [-0.39, 0.29) is 34.7 Å². The SMILES string of the molecule is CCc1c([C@H](N/C(C)=C/C(F)=C\c2cccc(=O)[nH]2)[C@](CN=O)(COC)C(F)(F)F)ccc(OC)c1F. The van der Waals surface area contributed by atoms with E-state index < -0.39 is 48.0 Å². The van der Waals surface area contributed by atoms with Crippen molar-refractivity contribution < 1.29 is 31.4 Å². The number of hydrogen-bond acceptors (Lipinski definition) is 6. The largest absolute Gasteiger partial charge is 0.494 e. The molecule has 1 aromatic heterocycles. The van der Waals surface area contributed by atoms with Gasteiger partial charge in [0.25, 0.3) is 0 Å². The highest BCUT2D eigenvalue weighted by molar-refractivity contribution is 5.50. The number of nitroso groups, excluding NO2 is 1. The number of methoxy groups -OCH3 is 2. The highest BCUT2D eigenvalue weighted by Gasteiger charge is 2.61. The Kier molecular flexibility index (Phi) is 10.1. The van der Waals surface area contributed by atoms with Crippen LogP contribution in [0.5, 0.6) is 5.75 Å². The van der Waals surface area contributed by atoms with E-state index in [0.29, 0.717) is 0 Å². The van der Waals surface area contributed by atoms with Gasteiger partial charge >= 0.3 is 6.18 Å². The summed E-state index contributed by atoms with van der Waals surface area (Å²) in [5.41, 5.74) is -3.56. The van der Waals surface area contributed by atoms with E-state index in [1.54, 1.807) is 6.92 Å². The molecule has 0 amide bonds. The molecule has 0 aliphatic carbocycles. The number of aromatic amines is 1. The Bertz CT molecular complexity index is 1210. The van der Waals surface area contributed by atoms with Crippen LogP contribution >= 0.6 is 0 Å². The van der Waals surface area contributed by atoms with Crippen LogP contribution in [-0.2, 0) is 11.2 Å². The lowest BCUT2D eigenvalue weighted by atomic mass is 9.74. The average molecular weight is 530 g/mol. The Labute approximate surface area is 210 Å². The van der Waals surface area contributed by atoms with Crippen LogP contribution in [-0.4, -0.2) is 38.5 Å². The zero-order chi connectivity index (χ0) is 27.8. The Morgan fingerprint density at radius 1 is 1.22 bits per heavy atom. The monoisotopic (exact) mass is 529 g/mol. The van der Waals surface area contributed by atoms with Gasteiger partial charge in [-0.3, -0.25) is 4.79 Å². The van der Waals surface area contributed by atoms with E-state index in [1.807, 2.05) is 0 Å². The number of nitrogens with one attached hydrogen (secondary N) is 2. The predicted molar refractivity (Wildman–Crippen MR) is 129 cm³/mol. The zero-order valence-corrected chi connectivity index (χ0v) is 20.7. The van der Waals surface area contributed by atoms with Gasteiger partial charge in [0.2, 0.25) is 5.56 Å². The van der Waals surface area contributed by atoms with Crippen LogP contribution in [0.25, 0.3) is 6.08 Å². The summed E-state index contributed by atoms with van der Waals surface area (Å²) in [6, 6.07) is 4.69. The quantitative estimate of drug-likeness (QED) is 0.212. The van der Waals surface area contributed by atoms with Gasteiger partial charge in [-0.05, 0) is 48.8 Å². The van der Waals surface area contributed by atoms with Crippen molar-refractivity contribution in [3.8, 4) is 5.75 Å². The van der Waals surface area contributed by atoms with Gasteiger partial charge in [0.15, 0.2) is 11.6 Å². The van der Waals surface area contributed by atoms with E-state index >= 15 is 4.39 Å². The van der Waals surface area contributed by atoms with E-state index in [2.05, 4.69) is 15.5 Å². The lowest BCUT2D eigenvalue weighted by Gasteiger charge is -2.41. The Morgan fingerprint density at radius 2 is 1.92 bits per heavy atom. The van der Waals surface area contributed by atoms with Gasteiger partial charge in [-0.2, -0.15) is 18.1 Å². The van der Waals surface area contributed by atoms with Gasteiger partial charge in [0.05, 0.1) is 19.8 Å². The molecular formula is C25H28F5N3O4. The van der Waals surface area contributed by atoms with Crippen molar-refractivity contribution in [1.29, 1.82) is 0 Å². The number of benzene rings is 1. The maximum Gasteiger partial charge on any atom is 0.400 e. The minimum atomic E-state index is -5.05. The van der Waals surface area contributed by atoms with Gasteiger partial charge in [-0.25, -0.2) is 8.78 Å². The highest BCUT2D eigenvalue weighted by Crippen LogP contribution is 2.50. The van der Waals surface area contributed by atoms with E-state index in [1.165, 1.54) is 44.4 Å². The molecule has 12 heteroatoms. The molecule has 2 rings (SSSR count). The topological polar surface area (TPSA) is 92.8 Å². The van der Waals surface area contributed by atoms with E-state index in [9.17, 15) is 27.3 Å². The number of halogens is 5. The molecule has 0 spiro atoms. The average Bonchev–Trinajstić information content (AvgIpc) is 2.81. The smallest absolute Gasteiger partial charge is 0.400 e. The van der Waals surface area contributed by atoms with Crippen molar-refractivity contribution in [3.05, 3.63) is 85.8 Å². The molecule has 2 atom stereocenters. The van der Waals surface area contributed by atoms with E-state index in [4.69, 9.17) is 9.47 Å². The summed E-state index contributed by atoms with van der Waals surface area (Å²) in [6.45, 7) is 0.610. The Morgan fingerprint density at radius 3 is 2.46 bits per heavy atom. The maximum atomic E-state index is 15.1. The Balaban J connectivity index is 2.72. The third kappa shape index (κ3) is 6.82. The first-order chi connectivity index (χ1) is 17.4. The maximum absolute atomic E-state index is 15.1. The minimum Gasteiger partial charge on any atom is -0.494 e. The third-order valence-corrected chi connectivity index (χ3v) is 5.80. The number of H-pyrrole nitrogens is 1. The van der Waals surface area contributed by atoms with Gasteiger partial charge in [-0.15, -0.1) is 0 Å². The molecular weight excluding hydrogens is 501 g/mol. The molecule has 0 saturated carbocycles. The van der Waals surface area contributed by atoms with E-state index in [0.717, 1.165) is 19.3 Å². The number of rotatable bonds is 12. The summed E-state index contributed by atoms with van der Waals surface area (Å²) in [7, 11) is 2.25. The second kappa shape index (κ2) is 12.6. The molecule has 2 aromatic rings. The second-order valence-electron chi connectivity index (χ2n) is 8.28. The number of nitrogens with zero attached hydrogens (tertiary/aromatic N) is 1. The highest BCUT2D eigenvalue weighted by atomic mass is 19.4. The van der Waals surface area contributed by atoms with Crippen molar-refractivity contribution >= 4 is 6.08 Å². The van der Waals surface area contributed by atoms with Gasteiger partial charge in [0.1, 0.15) is 17.8 Å². The van der Waals surface area contributed by atoms with Crippen LogP contribution in [0.1, 0.15) is 36.7 Å². The zero-order valence-electron chi connectivity index (χ0n) is 20.7. The van der Waals surface area contributed by atoms with Crippen LogP contribution in [0.15, 0.2) is 57.9 Å². The van der Waals surface area contributed by atoms with Gasteiger partial charge in [-0.1, -0.05) is 24.2 Å². The standard InChI is InChI=1S/C25H28F5N3O4/c1-5-18-19(9-10-20(37-4)22(18)27)23(24(13-31-35,14-36-3)25(28,29)30)32-15(2)11-16(26)12-17-7-6-8-21(34)33-17/h6-12,23,32H,5,13-14H2,1-4H3,(H,33,34)/b15-11+,16-12+/t23-,24-/m0/s1. The number of allylic oxidation sites excluding steroid dienone is 3. The number of aromatic nitrogens is 1. The van der Waals surface area contributed by atoms with Gasteiger partial charge in [0, 0.05) is 24.6 Å². The first-order valence-corrected chi connectivity index (χ1v) is 11.2. The molecule has 0 unspecified atom stereocenters. The van der Waals surface area contributed by atoms with Crippen molar-refractivity contribution in [1.82, 2.24) is 10.3 Å². The number of alkyl halides is 3. The van der Waals surface area contributed by atoms with Crippen molar-refractivity contribution in [2.75, 3.05) is 27.4 Å². The van der Waals surface area contributed by atoms with Crippen LogP contribution in [0.2, 0.25) is 0 Å². The molecule has 0 radical (unpaired) electrons. The number of ether oxygens (including phenoxy) is 2. The van der Waals surface area contributed by atoms with Crippen LogP contribution in [0.4, 0.5) is 22.0 Å². The molecule has 0 aliphatic heterocycles. The van der Waals surface area contributed by atoms with Gasteiger partial charge < -0.3 is 19.8 Å². The second-order valence-corrected chi connectivity index (χ2v) is 8.28. The summed E-state index contributed by atoms with van der Waals surface area (Å²) in [4.78, 5) is 25.1. The lowest BCUT2D eigenvalue weighted by Crippen LogP contribution is -2.53. The Hall–Kier alpha value is -3.54. The van der Waals surface area contributed by atoms with Crippen LogP contribution in [0.3, 0.4) is 0 Å². The molecule has 0 aliphatic rings. The predicted octanol–water partition coefficient (Wildman–Crippen LogP) is 5.59. The fraction of sp³-hybridized carbons (Fsp3) is 0.400. The fourth-order valence-electron chi connectivity index (χ4n) is 4.06. The summed E-state index contributed by atoms with van der Waals surface area (Å²) in [6.07, 6.45) is -3.17. The molecule has 0 bridgehead atoms. The number of pyridine rings is 1. The summed E-state index contributed by atoms with van der Waals surface area (Å²) >= 11 is 0. The molecule has 0 fully saturated rings. The normalized spacial score (nSPS) is 15.2. The molecule has 2 N–H and O–H groups in total. The van der Waals surface area contributed by atoms with Crippen LogP contribution < -0.4 is 15.6 Å². The molecule has 202 valence electrons. The van der Waals surface area contributed by atoms with Crippen molar-refractivity contribution in [3.63, 3.8) is 0 Å². The van der Waals surface area contributed by atoms with Crippen molar-refractivity contribution in [2.24, 2.45) is 10.6 Å². The van der Waals surface area contributed by atoms with Crippen LogP contribution in [0, 0.1) is 16.1 Å². The minimum absolute atomic E-state index is 0.00954. The molecule has 1 aromatic carbocycles. The lowest BCUT2D eigenvalue weighted by molar-refractivity contribution is -0.245. The fourth-order valence-corrected chi connectivity index (χ4v) is 4.06. The summed E-state index contributed by atoms with van der Waals surface area (Å²) in [5.74, 6) is -1.92. The summed E-state index contributed by atoms with van der Waals surface area (Å²) in [5, 5.41) is 5.16. The summed E-state index contributed by atoms with van der Waals surface area (Å²) < 4.78 is 83.5. The van der Waals surface area contributed by atoms with Crippen molar-refractivity contribution in [2.45, 2.75) is 32.5 Å². The molecule has 0 saturated heterocycles. The first kappa shape index (κ1) is 29.7. The number of hydrogen-bond donors (Lipinski definition) is 2. The first-order valence-electron chi connectivity index (χ1n) is 11.2.